The van der Waals surface area contributed by atoms with Gasteiger partial charge in [-0.2, -0.15) is 0 Å². The standard InChI is InChI=1S/C31H43N5O5/c1-19(32-2)28(21-8-6-9-21)35-25-12-4-3-11-24-13-14-26(36(24)31(25)40)30(39)33-17-20-7-5-10-22(15-20)29(38)34-23-16-27(37)41-18-23/h5,7,10,15,19,23-26,32,35H,3-4,6,8-9,11-14,16-18H2,1-2H3,(H,33,39)(H,34,38). The van der Waals surface area contributed by atoms with E-state index in [1.807, 2.05) is 18.0 Å². The molecule has 0 aromatic heterocycles. The minimum atomic E-state index is -0.497. The Bertz CT molecular complexity index is 1190. The Morgan fingerprint density at radius 2 is 1.85 bits per heavy atom. The molecule has 3 saturated heterocycles. The lowest BCUT2D eigenvalue weighted by Crippen LogP contribution is -2.56. The van der Waals surface area contributed by atoms with Crippen LogP contribution in [-0.2, 0) is 25.7 Å². The molecule has 4 fully saturated rings. The quantitative estimate of drug-likeness (QED) is 0.338. The summed E-state index contributed by atoms with van der Waals surface area (Å²) in [5.74, 6) is -0.725. The molecular weight excluding hydrogens is 522 g/mol. The molecule has 4 N–H and O–H groups in total. The zero-order chi connectivity index (χ0) is 28.9. The van der Waals surface area contributed by atoms with Crippen LogP contribution in [0.25, 0.3) is 0 Å². The van der Waals surface area contributed by atoms with E-state index in [4.69, 9.17) is 4.74 Å². The molecule has 3 amide bonds. The molecule has 3 aliphatic heterocycles. The van der Waals surface area contributed by atoms with Gasteiger partial charge < -0.3 is 30.9 Å². The van der Waals surface area contributed by atoms with E-state index in [0.29, 0.717) is 12.0 Å². The topological polar surface area (TPSA) is 129 Å². The molecule has 1 aromatic carbocycles. The second-order valence-electron chi connectivity index (χ2n) is 11.8. The molecule has 3 heterocycles. The Balaban J connectivity index is 1.23. The van der Waals surface area contributed by atoms with Crippen molar-refractivity contribution in [1.29, 1.82) is 0 Å². The number of hydrogen-bond donors (Lipinski definition) is 4. The summed E-state index contributed by atoms with van der Waals surface area (Å²) in [6, 6.07) is 6.14. The molecular formula is C31H43N5O5. The van der Waals surface area contributed by atoms with Crippen LogP contribution in [0, 0.1) is 0 Å². The van der Waals surface area contributed by atoms with Gasteiger partial charge in [0.2, 0.25) is 11.8 Å². The number of nitrogens with one attached hydrogen (secondary N) is 4. The molecule has 0 bridgehead atoms. The highest BCUT2D eigenvalue weighted by Crippen LogP contribution is 2.33. The van der Waals surface area contributed by atoms with Crippen molar-refractivity contribution < 1.29 is 23.9 Å². The number of rotatable bonds is 9. The van der Waals surface area contributed by atoms with Gasteiger partial charge >= 0.3 is 5.97 Å². The second kappa shape index (κ2) is 13.1. The lowest BCUT2D eigenvalue weighted by molar-refractivity contribution is -0.142. The van der Waals surface area contributed by atoms with Crippen molar-refractivity contribution in [2.24, 2.45) is 0 Å². The highest BCUT2D eigenvalue weighted by molar-refractivity contribution is 5.95. The van der Waals surface area contributed by atoms with Gasteiger partial charge in [-0.05, 0) is 82.2 Å². The maximum Gasteiger partial charge on any atom is 0.308 e. The van der Waals surface area contributed by atoms with Gasteiger partial charge in [-0.3, -0.25) is 19.2 Å². The largest absolute Gasteiger partial charge is 0.463 e. The number of benzene rings is 1. The number of cyclic esters (lactones) is 1. The van der Waals surface area contributed by atoms with Crippen LogP contribution in [0.5, 0.6) is 0 Å². The van der Waals surface area contributed by atoms with E-state index in [1.54, 1.807) is 18.2 Å². The van der Waals surface area contributed by atoms with E-state index in [9.17, 15) is 19.2 Å². The minimum absolute atomic E-state index is 0.0288. The number of carbonyl (C=O) groups excluding carboxylic acids is 4. The number of allylic oxidation sites excluding steroid dienone is 1. The molecule has 4 aliphatic rings. The fourth-order valence-electron chi connectivity index (χ4n) is 6.41. The first-order chi connectivity index (χ1) is 19.8. The van der Waals surface area contributed by atoms with Crippen molar-refractivity contribution in [3.8, 4) is 0 Å². The predicted molar refractivity (Wildman–Crippen MR) is 154 cm³/mol. The number of carbonyl (C=O) groups is 4. The monoisotopic (exact) mass is 565 g/mol. The van der Waals surface area contributed by atoms with Crippen LogP contribution in [0.2, 0.25) is 0 Å². The maximum absolute atomic E-state index is 14.0. The first-order valence-electron chi connectivity index (χ1n) is 15.1. The summed E-state index contributed by atoms with van der Waals surface area (Å²) in [7, 11) is 1.94. The number of hydrogen-bond acceptors (Lipinski definition) is 7. The number of amides is 3. The smallest absolute Gasteiger partial charge is 0.308 e. The van der Waals surface area contributed by atoms with Gasteiger partial charge in [-0.15, -0.1) is 0 Å². The highest BCUT2D eigenvalue weighted by Gasteiger charge is 2.43. The van der Waals surface area contributed by atoms with E-state index < -0.39 is 6.04 Å². The molecule has 5 rings (SSSR count). The summed E-state index contributed by atoms with van der Waals surface area (Å²) in [4.78, 5) is 53.3. The highest BCUT2D eigenvalue weighted by atomic mass is 16.5. The Kier molecular flexibility index (Phi) is 9.27. The summed E-state index contributed by atoms with van der Waals surface area (Å²) < 4.78 is 4.92. The molecule has 0 radical (unpaired) electrons. The van der Waals surface area contributed by atoms with Gasteiger partial charge in [0.05, 0.1) is 12.5 Å². The van der Waals surface area contributed by atoms with E-state index in [1.165, 1.54) is 12.0 Å². The van der Waals surface area contributed by atoms with E-state index in [-0.39, 0.29) is 67.4 Å². The average molecular weight is 566 g/mol. The lowest BCUT2D eigenvalue weighted by atomic mass is 9.88. The Hall–Kier alpha value is -3.40. The fourth-order valence-corrected chi connectivity index (χ4v) is 6.41. The summed E-state index contributed by atoms with van der Waals surface area (Å²) in [6.45, 7) is 2.56. The molecule has 41 heavy (non-hydrogen) atoms. The van der Waals surface area contributed by atoms with Gasteiger partial charge in [0.1, 0.15) is 18.7 Å². The molecule has 0 spiro atoms. The van der Waals surface area contributed by atoms with Crippen LogP contribution < -0.4 is 21.3 Å². The molecule has 1 aromatic rings. The zero-order valence-electron chi connectivity index (χ0n) is 24.2. The Morgan fingerprint density at radius 1 is 1.05 bits per heavy atom. The van der Waals surface area contributed by atoms with Crippen LogP contribution >= 0.6 is 0 Å². The SMILES string of the molecule is CNC(C)C(NC1CCCCC2CCC(C(=O)NCc3cccc(C(=O)NC4COC(=O)C4)c3)N2C1=O)=C1CCC1. The third-order valence-electron chi connectivity index (χ3n) is 9.02. The number of esters is 1. The molecule has 222 valence electrons. The number of fused-ring (bicyclic) bond motifs is 1. The van der Waals surface area contributed by atoms with Crippen molar-refractivity contribution in [3.05, 3.63) is 46.7 Å². The van der Waals surface area contributed by atoms with Crippen molar-refractivity contribution >= 4 is 23.7 Å². The van der Waals surface area contributed by atoms with Gasteiger partial charge in [-0.25, -0.2) is 0 Å². The summed E-state index contributed by atoms with van der Waals surface area (Å²) >= 11 is 0. The fraction of sp³-hybridized carbons (Fsp3) is 0.613. The van der Waals surface area contributed by atoms with Gasteiger partial charge in [-0.1, -0.05) is 25.0 Å². The molecule has 5 unspecified atom stereocenters. The van der Waals surface area contributed by atoms with Gasteiger partial charge in [0.15, 0.2) is 0 Å². The Morgan fingerprint density at radius 3 is 2.56 bits per heavy atom. The van der Waals surface area contributed by atoms with Crippen molar-refractivity contribution in [3.63, 3.8) is 0 Å². The second-order valence-corrected chi connectivity index (χ2v) is 11.8. The number of nitrogens with zero attached hydrogens (tertiary/aromatic N) is 1. The average Bonchev–Trinajstić information content (AvgIpc) is 3.55. The summed E-state index contributed by atoms with van der Waals surface area (Å²) in [5, 5.41) is 12.8. The van der Waals surface area contributed by atoms with Crippen LogP contribution in [0.3, 0.4) is 0 Å². The predicted octanol–water partition coefficient (Wildman–Crippen LogP) is 2.29. The van der Waals surface area contributed by atoms with Crippen LogP contribution in [0.1, 0.15) is 87.1 Å². The normalized spacial score (nSPS) is 26.7. The first kappa shape index (κ1) is 29.1. The lowest BCUT2D eigenvalue weighted by Gasteiger charge is -2.37. The molecule has 10 nitrogen and oxygen atoms in total. The van der Waals surface area contributed by atoms with Crippen LogP contribution in [0.4, 0.5) is 0 Å². The molecule has 1 saturated carbocycles. The van der Waals surface area contributed by atoms with E-state index >= 15 is 0 Å². The number of likely N-dealkylation sites (N-methyl/N-ethyl adjacent to an activating group) is 1. The van der Waals surface area contributed by atoms with Gasteiger partial charge in [0, 0.05) is 29.9 Å². The first-order valence-corrected chi connectivity index (χ1v) is 15.1. The third kappa shape index (κ3) is 6.74. The zero-order valence-corrected chi connectivity index (χ0v) is 24.2. The van der Waals surface area contributed by atoms with Crippen LogP contribution in [-0.4, -0.2) is 72.5 Å². The number of ether oxygens (including phenoxy) is 1. The van der Waals surface area contributed by atoms with E-state index in [0.717, 1.165) is 56.2 Å². The third-order valence-corrected chi connectivity index (χ3v) is 9.02. The Labute approximate surface area is 242 Å². The summed E-state index contributed by atoms with van der Waals surface area (Å²) in [5.41, 5.74) is 3.79. The van der Waals surface area contributed by atoms with Crippen molar-refractivity contribution in [2.45, 2.75) is 108 Å². The van der Waals surface area contributed by atoms with Crippen molar-refractivity contribution in [2.75, 3.05) is 13.7 Å². The molecule has 1 aliphatic carbocycles. The van der Waals surface area contributed by atoms with Crippen LogP contribution in [0.15, 0.2) is 35.5 Å². The summed E-state index contributed by atoms with van der Waals surface area (Å²) in [6.07, 6.45) is 8.73. The minimum Gasteiger partial charge on any atom is -0.463 e. The molecule has 5 atom stereocenters. The van der Waals surface area contributed by atoms with Crippen molar-refractivity contribution in [1.82, 2.24) is 26.2 Å². The van der Waals surface area contributed by atoms with E-state index in [2.05, 4.69) is 28.2 Å². The maximum atomic E-state index is 14.0. The van der Waals surface area contributed by atoms with Gasteiger partial charge in [0.25, 0.3) is 5.91 Å². The molecule has 10 heteroatoms.